The summed E-state index contributed by atoms with van der Waals surface area (Å²) >= 11 is 0. The summed E-state index contributed by atoms with van der Waals surface area (Å²) in [5, 5.41) is 0.389. The molecule has 3 aromatic rings. The number of rotatable bonds is 5. The van der Waals surface area contributed by atoms with Crippen LogP contribution in [0, 0.1) is 6.92 Å². The smallest absolute Gasteiger partial charge is 0.342 e. The van der Waals surface area contributed by atoms with E-state index in [1.54, 1.807) is 25.1 Å². The van der Waals surface area contributed by atoms with E-state index in [0.29, 0.717) is 23.3 Å². The van der Waals surface area contributed by atoms with Crippen molar-refractivity contribution in [3.05, 3.63) is 69.9 Å². The average molecular weight is 420 g/mol. The standard InChI is InChI=1S/C26H29NO4/c1-18-22(28)20-13-10-14-21(24(20)30-23(18)19-11-6-4-7-12-19)25(29)31-26(2,3)17-27-15-8-5-9-16-27/h4,6-7,10-14H,5,8-9,15-17H2,1-3H3. The van der Waals surface area contributed by atoms with E-state index < -0.39 is 11.6 Å². The van der Waals surface area contributed by atoms with Gasteiger partial charge in [-0.05, 0) is 58.8 Å². The fourth-order valence-corrected chi connectivity index (χ4v) is 4.33. The molecule has 0 N–H and O–H groups in total. The molecule has 31 heavy (non-hydrogen) atoms. The summed E-state index contributed by atoms with van der Waals surface area (Å²) < 4.78 is 12.1. The lowest BCUT2D eigenvalue weighted by atomic mass is 10.0. The predicted molar refractivity (Wildman–Crippen MR) is 122 cm³/mol. The summed E-state index contributed by atoms with van der Waals surface area (Å²) in [5.41, 5.74) is 1.09. The minimum atomic E-state index is -0.649. The Kier molecular flexibility index (Phi) is 5.96. The van der Waals surface area contributed by atoms with Gasteiger partial charge in [0.2, 0.25) is 0 Å². The van der Waals surface area contributed by atoms with Crippen molar-refractivity contribution in [3.8, 4) is 11.3 Å². The lowest BCUT2D eigenvalue weighted by Gasteiger charge is -2.34. The SMILES string of the molecule is Cc1c(-c2ccccc2)oc2c(C(=O)OC(C)(C)CN3CCCCC3)cccc2c1=O. The third kappa shape index (κ3) is 4.57. The number of carbonyl (C=O) groups is 1. The zero-order valence-electron chi connectivity index (χ0n) is 18.4. The first-order valence-electron chi connectivity index (χ1n) is 10.9. The van der Waals surface area contributed by atoms with Crippen LogP contribution in [0.25, 0.3) is 22.3 Å². The highest BCUT2D eigenvalue weighted by Gasteiger charge is 2.29. The Balaban J connectivity index is 1.69. The van der Waals surface area contributed by atoms with Gasteiger partial charge in [0.25, 0.3) is 0 Å². The first-order valence-corrected chi connectivity index (χ1v) is 10.9. The van der Waals surface area contributed by atoms with Crippen molar-refractivity contribution in [2.75, 3.05) is 19.6 Å². The fourth-order valence-electron chi connectivity index (χ4n) is 4.33. The van der Waals surface area contributed by atoms with E-state index in [4.69, 9.17) is 9.15 Å². The molecule has 0 atom stereocenters. The number of nitrogens with zero attached hydrogens (tertiary/aromatic N) is 1. The molecule has 2 heterocycles. The molecule has 162 valence electrons. The number of esters is 1. The topological polar surface area (TPSA) is 59.8 Å². The molecule has 0 aliphatic carbocycles. The van der Waals surface area contributed by atoms with Gasteiger partial charge >= 0.3 is 5.97 Å². The Morgan fingerprint density at radius 1 is 1.03 bits per heavy atom. The predicted octanol–water partition coefficient (Wildman–Crippen LogP) is 5.19. The second-order valence-electron chi connectivity index (χ2n) is 8.92. The Hall–Kier alpha value is -2.92. The van der Waals surface area contributed by atoms with Crippen LogP contribution in [-0.4, -0.2) is 36.1 Å². The van der Waals surface area contributed by atoms with Gasteiger partial charge < -0.3 is 9.15 Å². The lowest BCUT2D eigenvalue weighted by molar-refractivity contribution is -0.0187. The molecular formula is C26H29NO4. The van der Waals surface area contributed by atoms with Gasteiger partial charge in [-0.1, -0.05) is 42.8 Å². The molecule has 0 spiro atoms. The molecule has 0 amide bonds. The van der Waals surface area contributed by atoms with Crippen molar-refractivity contribution in [2.24, 2.45) is 0 Å². The summed E-state index contributed by atoms with van der Waals surface area (Å²) in [7, 11) is 0. The maximum Gasteiger partial charge on any atom is 0.342 e. The monoisotopic (exact) mass is 419 g/mol. The maximum atomic E-state index is 13.2. The molecule has 1 aliphatic heterocycles. The third-order valence-electron chi connectivity index (χ3n) is 5.82. The molecule has 1 fully saturated rings. The van der Waals surface area contributed by atoms with E-state index in [1.165, 1.54) is 19.3 Å². The number of likely N-dealkylation sites (tertiary alicyclic amines) is 1. The van der Waals surface area contributed by atoms with Crippen LogP contribution in [0.4, 0.5) is 0 Å². The van der Waals surface area contributed by atoms with Gasteiger partial charge in [0, 0.05) is 17.7 Å². The highest BCUT2D eigenvalue weighted by Crippen LogP contribution is 2.28. The Labute approximate surface area is 182 Å². The molecule has 1 aliphatic rings. The number of hydrogen-bond acceptors (Lipinski definition) is 5. The lowest BCUT2D eigenvalue weighted by Crippen LogP contribution is -2.44. The zero-order chi connectivity index (χ0) is 22.0. The largest absolute Gasteiger partial charge is 0.455 e. The maximum absolute atomic E-state index is 13.2. The van der Waals surface area contributed by atoms with Crippen LogP contribution in [0.15, 0.2) is 57.7 Å². The number of ether oxygens (including phenoxy) is 1. The summed E-state index contributed by atoms with van der Waals surface area (Å²) in [6, 6.07) is 14.5. The van der Waals surface area contributed by atoms with Gasteiger partial charge in [-0.3, -0.25) is 9.69 Å². The fraction of sp³-hybridized carbons (Fsp3) is 0.385. The van der Waals surface area contributed by atoms with Crippen molar-refractivity contribution in [3.63, 3.8) is 0 Å². The summed E-state index contributed by atoms with van der Waals surface area (Å²) in [6.45, 7) is 8.36. The van der Waals surface area contributed by atoms with E-state index in [9.17, 15) is 9.59 Å². The van der Waals surface area contributed by atoms with E-state index in [1.807, 2.05) is 44.2 Å². The highest BCUT2D eigenvalue weighted by molar-refractivity contribution is 6.02. The van der Waals surface area contributed by atoms with Gasteiger partial charge in [-0.15, -0.1) is 0 Å². The van der Waals surface area contributed by atoms with Crippen molar-refractivity contribution >= 4 is 16.9 Å². The van der Waals surface area contributed by atoms with Crippen LogP contribution in [0.5, 0.6) is 0 Å². The van der Waals surface area contributed by atoms with Crippen LogP contribution in [0.3, 0.4) is 0 Å². The van der Waals surface area contributed by atoms with Gasteiger partial charge in [-0.25, -0.2) is 4.79 Å². The number of hydrogen-bond donors (Lipinski definition) is 0. The van der Waals surface area contributed by atoms with Crippen molar-refractivity contribution in [2.45, 2.75) is 45.6 Å². The molecule has 0 saturated carbocycles. The van der Waals surface area contributed by atoms with Crippen molar-refractivity contribution in [1.82, 2.24) is 4.90 Å². The Morgan fingerprint density at radius 3 is 2.45 bits per heavy atom. The van der Waals surface area contributed by atoms with Gasteiger partial charge in [0.05, 0.1) is 5.39 Å². The van der Waals surface area contributed by atoms with Gasteiger partial charge in [0.1, 0.15) is 16.9 Å². The summed E-state index contributed by atoms with van der Waals surface area (Å²) in [4.78, 5) is 28.5. The minimum Gasteiger partial charge on any atom is -0.455 e. The van der Waals surface area contributed by atoms with E-state index in [0.717, 1.165) is 18.7 Å². The van der Waals surface area contributed by atoms with Crippen LogP contribution in [-0.2, 0) is 4.74 Å². The van der Waals surface area contributed by atoms with Crippen molar-refractivity contribution in [1.29, 1.82) is 0 Å². The van der Waals surface area contributed by atoms with E-state index in [2.05, 4.69) is 4.90 Å². The van der Waals surface area contributed by atoms with E-state index >= 15 is 0 Å². The Bertz CT molecular complexity index is 1140. The molecule has 1 saturated heterocycles. The molecule has 0 bridgehead atoms. The van der Waals surface area contributed by atoms with E-state index in [-0.39, 0.29) is 16.6 Å². The summed E-state index contributed by atoms with van der Waals surface area (Å²) in [6.07, 6.45) is 3.62. The first kappa shape index (κ1) is 21.3. The van der Waals surface area contributed by atoms with Gasteiger partial charge in [0.15, 0.2) is 11.0 Å². The quantitative estimate of drug-likeness (QED) is 0.533. The molecule has 0 radical (unpaired) electrons. The van der Waals surface area contributed by atoms with Crippen LogP contribution in [0.2, 0.25) is 0 Å². The second-order valence-corrected chi connectivity index (χ2v) is 8.92. The first-order chi connectivity index (χ1) is 14.9. The van der Waals surface area contributed by atoms with Crippen LogP contribution < -0.4 is 5.43 Å². The van der Waals surface area contributed by atoms with Crippen molar-refractivity contribution < 1.29 is 13.9 Å². The number of carbonyl (C=O) groups excluding carboxylic acids is 1. The number of fused-ring (bicyclic) bond motifs is 1. The Morgan fingerprint density at radius 2 is 1.74 bits per heavy atom. The van der Waals surface area contributed by atoms with Crippen LogP contribution in [0.1, 0.15) is 49.0 Å². The third-order valence-corrected chi connectivity index (χ3v) is 5.82. The highest BCUT2D eigenvalue weighted by atomic mass is 16.6. The number of benzene rings is 2. The molecular weight excluding hydrogens is 390 g/mol. The number of piperidine rings is 1. The molecule has 1 aromatic heterocycles. The molecule has 0 unspecified atom stereocenters. The number of para-hydroxylation sites is 1. The van der Waals surface area contributed by atoms with Gasteiger partial charge in [-0.2, -0.15) is 0 Å². The summed E-state index contributed by atoms with van der Waals surface area (Å²) in [5.74, 6) is 0.00421. The average Bonchev–Trinajstić information content (AvgIpc) is 2.76. The second kappa shape index (κ2) is 8.67. The zero-order valence-corrected chi connectivity index (χ0v) is 18.4. The molecule has 4 rings (SSSR count). The molecule has 5 heteroatoms. The van der Waals surface area contributed by atoms with Crippen LogP contribution >= 0.6 is 0 Å². The minimum absolute atomic E-state index is 0.137. The normalized spacial score (nSPS) is 15.2. The molecule has 5 nitrogen and oxygen atoms in total. The molecule has 2 aromatic carbocycles.